The molecule has 3 aromatic carbocycles. The highest BCUT2D eigenvalue weighted by atomic mass is 16.6. The summed E-state index contributed by atoms with van der Waals surface area (Å²) in [4.78, 5) is 25.8. The number of non-ortho nitro benzene ring substituents is 1. The Hall–Kier alpha value is -4.80. The molecule has 198 valence electrons. The van der Waals surface area contributed by atoms with Crippen LogP contribution in [0.1, 0.15) is 17.5 Å². The van der Waals surface area contributed by atoms with Gasteiger partial charge in [-0.25, -0.2) is 0 Å². The number of nitro groups is 1. The minimum atomic E-state index is -0.801. The number of fused-ring (bicyclic) bond motifs is 1. The van der Waals surface area contributed by atoms with Crippen LogP contribution in [0.2, 0.25) is 0 Å². The lowest BCUT2D eigenvalue weighted by Gasteiger charge is -2.34. The molecular formula is C27H29N5O6. The van der Waals surface area contributed by atoms with Crippen LogP contribution in [-0.2, 0) is 17.8 Å². The summed E-state index contributed by atoms with van der Waals surface area (Å²) in [5.41, 5.74) is 7.52. The Labute approximate surface area is 219 Å². The van der Waals surface area contributed by atoms with E-state index in [1.165, 1.54) is 12.1 Å². The minimum absolute atomic E-state index is 0.0377. The van der Waals surface area contributed by atoms with Gasteiger partial charge in [-0.1, -0.05) is 24.3 Å². The van der Waals surface area contributed by atoms with E-state index in [1.807, 2.05) is 24.3 Å². The lowest BCUT2D eigenvalue weighted by atomic mass is 10.1. The van der Waals surface area contributed by atoms with Gasteiger partial charge in [0, 0.05) is 31.2 Å². The maximum Gasteiger partial charge on any atom is 0.269 e. The van der Waals surface area contributed by atoms with Crippen molar-refractivity contribution in [2.45, 2.75) is 25.5 Å². The normalized spacial score (nSPS) is 14.3. The number of nitrogens with zero attached hydrogens (tertiary/aromatic N) is 2. The highest BCUT2D eigenvalue weighted by Gasteiger charge is 2.35. The van der Waals surface area contributed by atoms with Gasteiger partial charge in [-0.05, 0) is 41.8 Å². The standard InChI is InChI=1S/C27H29N5O6/c1-36-22-9-10-23-25(16-22)38-24(26(33)31(23)17-19-3-2-4-20(15-19)32(34)35)12-14-37-21-7-5-18(6-8-21)11-13-30-27(28)29/h2-10,15-16,24H,11-14,17H2,1H3,(H4,28,29,30). The number of hydrogen-bond donors (Lipinski definition) is 3. The van der Waals surface area contributed by atoms with Gasteiger partial charge in [0.15, 0.2) is 12.1 Å². The monoisotopic (exact) mass is 519 g/mol. The number of amides is 1. The summed E-state index contributed by atoms with van der Waals surface area (Å²) in [5.74, 6) is 1.41. The quantitative estimate of drug-likeness (QED) is 0.151. The van der Waals surface area contributed by atoms with Gasteiger partial charge in [0.25, 0.3) is 11.6 Å². The molecule has 0 bridgehead atoms. The van der Waals surface area contributed by atoms with Crippen LogP contribution in [0.3, 0.4) is 0 Å². The number of hydrogen-bond acceptors (Lipinski definition) is 7. The molecule has 1 aliphatic heterocycles. The van der Waals surface area contributed by atoms with Crippen LogP contribution < -0.4 is 30.2 Å². The van der Waals surface area contributed by atoms with Crippen LogP contribution in [-0.4, -0.2) is 43.2 Å². The fourth-order valence-corrected chi connectivity index (χ4v) is 4.11. The predicted molar refractivity (Wildman–Crippen MR) is 142 cm³/mol. The molecule has 3 aromatic rings. The number of guanidine groups is 1. The molecule has 1 heterocycles. The highest BCUT2D eigenvalue weighted by molar-refractivity contribution is 6.00. The maximum atomic E-state index is 13.5. The van der Waals surface area contributed by atoms with Crippen molar-refractivity contribution in [1.82, 2.24) is 5.32 Å². The fraction of sp³-hybridized carbons (Fsp3) is 0.259. The molecule has 0 radical (unpaired) electrons. The van der Waals surface area contributed by atoms with Crippen LogP contribution in [0.15, 0.2) is 66.7 Å². The fourth-order valence-electron chi connectivity index (χ4n) is 4.11. The molecule has 1 amide bonds. The first kappa shape index (κ1) is 26.3. The number of ether oxygens (including phenoxy) is 3. The number of benzene rings is 3. The second-order valence-corrected chi connectivity index (χ2v) is 8.66. The zero-order chi connectivity index (χ0) is 27.1. The number of anilines is 1. The summed E-state index contributed by atoms with van der Waals surface area (Å²) in [6.45, 7) is 0.960. The molecular weight excluding hydrogens is 490 g/mol. The average Bonchev–Trinajstić information content (AvgIpc) is 2.91. The molecule has 11 heteroatoms. The van der Waals surface area contributed by atoms with Crippen LogP contribution in [0.25, 0.3) is 0 Å². The van der Waals surface area contributed by atoms with Crippen LogP contribution in [0, 0.1) is 15.5 Å². The van der Waals surface area contributed by atoms with E-state index in [9.17, 15) is 14.9 Å². The number of carbonyl (C=O) groups excluding carboxylic acids is 1. The average molecular weight is 520 g/mol. The number of nitrogens with two attached hydrogens (primary N) is 1. The molecule has 38 heavy (non-hydrogen) atoms. The van der Waals surface area contributed by atoms with Crippen molar-refractivity contribution in [3.63, 3.8) is 0 Å². The second-order valence-electron chi connectivity index (χ2n) is 8.66. The first-order chi connectivity index (χ1) is 18.3. The summed E-state index contributed by atoms with van der Waals surface area (Å²) < 4.78 is 17.2. The van der Waals surface area contributed by atoms with E-state index >= 15 is 0 Å². The number of methoxy groups -OCH3 is 1. The summed E-state index contributed by atoms with van der Waals surface area (Å²) in [6, 6.07) is 19.0. The summed E-state index contributed by atoms with van der Waals surface area (Å²) >= 11 is 0. The van der Waals surface area contributed by atoms with Crippen molar-refractivity contribution in [2.75, 3.05) is 25.2 Å². The summed E-state index contributed by atoms with van der Waals surface area (Å²) in [5, 5.41) is 21.2. The molecule has 4 N–H and O–H groups in total. The predicted octanol–water partition coefficient (Wildman–Crippen LogP) is 3.39. The zero-order valence-electron chi connectivity index (χ0n) is 20.9. The van der Waals surface area contributed by atoms with Crippen LogP contribution in [0.5, 0.6) is 17.2 Å². The molecule has 0 spiro atoms. The van der Waals surface area contributed by atoms with Crippen LogP contribution in [0.4, 0.5) is 11.4 Å². The van der Waals surface area contributed by atoms with Gasteiger partial charge < -0.3 is 30.2 Å². The molecule has 0 saturated heterocycles. The van der Waals surface area contributed by atoms with E-state index in [4.69, 9.17) is 25.4 Å². The minimum Gasteiger partial charge on any atom is -0.497 e. The van der Waals surface area contributed by atoms with Crippen molar-refractivity contribution >= 4 is 23.2 Å². The molecule has 11 nitrogen and oxygen atoms in total. The van der Waals surface area contributed by atoms with Crippen molar-refractivity contribution in [3.8, 4) is 17.2 Å². The molecule has 0 saturated carbocycles. The van der Waals surface area contributed by atoms with Crippen molar-refractivity contribution in [3.05, 3.63) is 88.0 Å². The SMILES string of the molecule is COc1ccc2c(c1)OC(CCOc1ccc(CCNC(=N)N)cc1)C(=O)N2Cc1cccc([N+](=O)[O-])c1. The number of nitrogens with one attached hydrogen (secondary N) is 2. The maximum absolute atomic E-state index is 13.5. The van der Waals surface area contributed by atoms with Crippen molar-refractivity contribution in [2.24, 2.45) is 5.73 Å². The molecule has 0 aromatic heterocycles. The number of rotatable bonds is 11. The van der Waals surface area contributed by atoms with Gasteiger partial charge in [0.05, 0.1) is 30.9 Å². The van der Waals surface area contributed by atoms with Gasteiger partial charge in [0.2, 0.25) is 0 Å². The van der Waals surface area contributed by atoms with Gasteiger partial charge in [-0.2, -0.15) is 0 Å². The van der Waals surface area contributed by atoms with Gasteiger partial charge in [0.1, 0.15) is 17.2 Å². The molecule has 1 unspecified atom stereocenters. The van der Waals surface area contributed by atoms with E-state index in [2.05, 4.69) is 5.32 Å². The Kier molecular flexibility index (Phi) is 8.27. The molecule has 0 fully saturated rings. The van der Waals surface area contributed by atoms with Gasteiger partial charge in [-0.3, -0.25) is 20.3 Å². The Morgan fingerprint density at radius 2 is 1.89 bits per heavy atom. The van der Waals surface area contributed by atoms with E-state index in [1.54, 1.807) is 42.3 Å². The largest absolute Gasteiger partial charge is 0.497 e. The number of nitro benzene ring substituents is 1. The first-order valence-corrected chi connectivity index (χ1v) is 12.0. The Bertz CT molecular complexity index is 1310. The van der Waals surface area contributed by atoms with Crippen LogP contribution >= 0.6 is 0 Å². The third kappa shape index (κ3) is 6.49. The third-order valence-corrected chi connectivity index (χ3v) is 6.03. The van der Waals surface area contributed by atoms with Gasteiger partial charge in [-0.15, -0.1) is 0 Å². The van der Waals surface area contributed by atoms with Crippen molar-refractivity contribution < 1.29 is 23.9 Å². The molecule has 0 aliphatic carbocycles. The van der Waals surface area contributed by atoms with E-state index < -0.39 is 11.0 Å². The zero-order valence-corrected chi connectivity index (χ0v) is 20.9. The first-order valence-electron chi connectivity index (χ1n) is 12.0. The summed E-state index contributed by atoms with van der Waals surface area (Å²) in [7, 11) is 1.55. The number of carbonyl (C=O) groups is 1. The lowest BCUT2D eigenvalue weighted by Crippen LogP contribution is -2.46. The smallest absolute Gasteiger partial charge is 0.269 e. The van der Waals surface area contributed by atoms with Crippen molar-refractivity contribution in [1.29, 1.82) is 5.41 Å². The lowest BCUT2D eigenvalue weighted by molar-refractivity contribution is -0.384. The molecule has 4 rings (SSSR count). The summed E-state index contributed by atoms with van der Waals surface area (Å²) in [6.07, 6.45) is 0.212. The van der Waals surface area contributed by atoms with E-state index in [0.717, 1.165) is 5.56 Å². The Balaban J connectivity index is 1.44. The van der Waals surface area contributed by atoms with Gasteiger partial charge >= 0.3 is 0 Å². The van der Waals surface area contributed by atoms with E-state index in [-0.39, 0.29) is 30.7 Å². The Morgan fingerprint density at radius 1 is 1.13 bits per heavy atom. The topological polar surface area (TPSA) is 153 Å². The highest BCUT2D eigenvalue weighted by Crippen LogP contribution is 2.38. The second kappa shape index (κ2) is 12.0. The third-order valence-electron chi connectivity index (χ3n) is 6.03. The van der Waals surface area contributed by atoms with E-state index in [0.29, 0.717) is 47.9 Å². The molecule has 1 atom stereocenters. The Morgan fingerprint density at radius 3 is 2.61 bits per heavy atom. The molecule has 1 aliphatic rings.